The lowest BCUT2D eigenvalue weighted by Gasteiger charge is -2.39. The second kappa shape index (κ2) is 14.4. The van der Waals surface area contributed by atoms with Crippen LogP contribution in [0.5, 0.6) is 34.5 Å². The average molecular weight is 593 g/mol. The molecule has 2 aromatic carbocycles. The van der Waals surface area contributed by atoms with Crippen LogP contribution in [0.3, 0.4) is 0 Å². The van der Waals surface area contributed by atoms with Crippen LogP contribution in [0.25, 0.3) is 12.2 Å². The number of aromatic hydroxyl groups is 2. The fraction of sp³-hybridized carbons (Fsp3) is 0.357. The van der Waals surface area contributed by atoms with Crippen molar-refractivity contribution in [3.8, 4) is 34.5 Å². The molecule has 0 radical (unpaired) electrons. The number of hydrogen-bond donors (Lipinski definition) is 5. The summed E-state index contributed by atoms with van der Waals surface area (Å²) in [4.78, 5) is 24.7. The van der Waals surface area contributed by atoms with E-state index in [0.717, 1.165) is 12.2 Å². The van der Waals surface area contributed by atoms with Gasteiger partial charge in [-0.15, -0.1) is 0 Å². The standard InChI is InChI=1S/C28H32O14/c1-36-16-9-14(10-17(37-2)23(16)31)5-7-21(29)40-13-20-25(33)26(34)27(35)28(41-20)42-22(30)8-6-15-11-18(38-3)24(32)19(12-15)39-4/h5-12,20,25-28,31-35H,13H2,1-4H3/b7-5+,8-6+/t20-,25-,26+,27-,28+/m1/s1. The Balaban J connectivity index is 1.62. The Bertz CT molecular complexity index is 1270. The van der Waals surface area contributed by atoms with Crippen LogP contribution in [0.2, 0.25) is 0 Å². The van der Waals surface area contributed by atoms with Gasteiger partial charge in [0.25, 0.3) is 0 Å². The van der Waals surface area contributed by atoms with Crippen LogP contribution in [-0.4, -0.2) is 103 Å². The van der Waals surface area contributed by atoms with Gasteiger partial charge in [0, 0.05) is 12.2 Å². The molecule has 5 N–H and O–H groups in total. The maximum absolute atomic E-state index is 12.4. The maximum atomic E-state index is 12.4. The molecule has 2 aromatic rings. The molecule has 0 amide bonds. The van der Waals surface area contributed by atoms with E-state index in [1.54, 1.807) is 0 Å². The van der Waals surface area contributed by atoms with E-state index < -0.39 is 49.3 Å². The summed E-state index contributed by atoms with van der Waals surface area (Å²) in [6, 6.07) is 5.77. The van der Waals surface area contributed by atoms with E-state index in [0.29, 0.717) is 11.1 Å². The fourth-order valence-corrected chi connectivity index (χ4v) is 3.87. The molecule has 3 rings (SSSR count). The molecule has 0 spiro atoms. The molecule has 42 heavy (non-hydrogen) atoms. The third-order valence-corrected chi connectivity index (χ3v) is 6.12. The van der Waals surface area contributed by atoms with E-state index in [1.807, 2.05) is 0 Å². The Morgan fingerprint density at radius 2 is 1.14 bits per heavy atom. The molecule has 14 heteroatoms. The summed E-state index contributed by atoms with van der Waals surface area (Å²) in [6.07, 6.45) is -3.61. The molecule has 0 bridgehead atoms. The third-order valence-electron chi connectivity index (χ3n) is 6.12. The van der Waals surface area contributed by atoms with E-state index in [9.17, 15) is 35.1 Å². The van der Waals surface area contributed by atoms with Crippen molar-refractivity contribution in [3.05, 3.63) is 47.5 Å². The van der Waals surface area contributed by atoms with E-state index in [4.69, 9.17) is 33.2 Å². The zero-order chi connectivity index (χ0) is 31.0. The molecular formula is C28H32O14. The van der Waals surface area contributed by atoms with Gasteiger partial charge in [-0.1, -0.05) is 0 Å². The Kier molecular flexibility index (Phi) is 11.0. The molecule has 0 aromatic heterocycles. The van der Waals surface area contributed by atoms with E-state index in [-0.39, 0.29) is 34.5 Å². The van der Waals surface area contributed by atoms with Gasteiger partial charge in [0.05, 0.1) is 28.4 Å². The minimum Gasteiger partial charge on any atom is -0.502 e. The van der Waals surface area contributed by atoms with Crippen molar-refractivity contribution in [1.82, 2.24) is 0 Å². The number of ether oxygens (including phenoxy) is 7. The largest absolute Gasteiger partial charge is 0.502 e. The van der Waals surface area contributed by atoms with Gasteiger partial charge in [0.15, 0.2) is 23.0 Å². The maximum Gasteiger partial charge on any atom is 0.333 e. The highest BCUT2D eigenvalue weighted by Gasteiger charge is 2.45. The number of phenols is 2. The summed E-state index contributed by atoms with van der Waals surface area (Å²) in [5.74, 6) is -1.84. The zero-order valence-electron chi connectivity index (χ0n) is 23.1. The average Bonchev–Trinajstić information content (AvgIpc) is 2.99. The highest BCUT2D eigenvalue weighted by atomic mass is 16.7. The SMILES string of the molecule is COc1cc(/C=C/C(=O)OC[C@H]2O[C@@H](OC(=O)/C=C/c3cc(OC)c(O)c(OC)c3)[C@H](O)[C@@H](O)[C@@H]2O)cc(OC)c1O. The first-order valence-electron chi connectivity index (χ1n) is 12.4. The van der Waals surface area contributed by atoms with Crippen molar-refractivity contribution in [2.24, 2.45) is 0 Å². The number of aliphatic hydroxyl groups excluding tert-OH is 3. The van der Waals surface area contributed by atoms with E-state index in [2.05, 4.69) is 0 Å². The zero-order valence-corrected chi connectivity index (χ0v) is 23.1. The normalized spacial score (nSPS) is 22.1. The first kappa shape index (κ1) is 32.0. The number of methoxy groups -OCH3 is 4. The van der Waals surface area contributed by atoms with Crippen molar-refractivity contribution in [2.75, 3.05) is 35.0 Å². The predicted octanol–water partition coefficient (Wildman–Crippen LogP) is 0.753. The molecule has 228 valence electrons. The van der Waals surface area contributed by atoms with Crippen LogP contribution in [0, 0.1) is 0 Å². The molecule has 5 atom stereocenters. The predicted molar refractivity (Wildman–Crippen MR) is 144 cm³/mol. The third kappa shape index (κ3) is 7.61. The summed E-state index contributed by atoms with van der Waals surface area (Å²) in [5, 5.41) is 50.8. The number of esters is 2. The quantitative estimate of drug-likeness (QED) is 0.181. The molecule has 0 unspecified atom stereocenters. The second-order valence-electron chi connectivity index (χ2n) is 8.80. The molecule has 1 heterocycles. The van der Waals surface area contributed by atoms with Gasteiger partial charge in [0.2, 0.25) is 17.8 Å². The van der Waals surface area contributed by atoms with Gasteiger partial charge >= 0.3 is 11.9 Å². The van der Waals surface area contributed by atoms with Crippen LogP contribution in [0.15, 0.2) is 36.4 Å². The lowest BCUT2D eigenvalue weighted by molar-refractivity contribution is -0.291. The monoisotopic (exact) mass is 592 g/mol. The van der Waals surface area contributed by atoms with Crippen LogP contribution in [-0.2, 0) is 23.8 Å². The Morgan fingerprint density at radius 3 is 1.57 bits per heavy atom. The Morgan fingerprint density at radius 1 is 0.714 bits per heavy atom. The molecule has 0 aliphatic carbocycles. The van der Waals surface area contributed by atoms with Crippen molar-refractivity contribution < 1.29 is 68.3 Å². The van der Waals surface area contributed by atoms with Gasteiger partial charge in [-0.2, -0.15) is 0 Å². The summed E-state index contributed by atoms with van der Waals surface area (Å²) in [7, 11) is 5.38. The minimum atomic E-state index is -1.81. The number of benzene rings is 2. The Hall–Kier alpha value is -4.50. The molecular weight excluding hydrogens is 560 g/mol. The molecule has 1 aliphatic heterocycles. The van der Waals surface area contributed by atoms with Crippen molar-refractivity contribution in [2.45, 2.75) is 30.7 Å². The molecule has 14 nitrogen and oxygen atoms in total. The second-order valence-corrected chi connectivity index (χ2v) is 8.80. The molecule has 1 fully saturated rings. The van der Waals surface area contributed by atoms with Crippen LogP contribution in [0.4, 0.5) is 0 Å². The van der Waals surface area contributed by atoms with Gasteiger partial charge in [0.1, 0.15) is 31.0 Å². The Labute approximate surface area is 240 Å². The summed E-state index contributed by atoms with van der Waals surface area (Å²) < 4.78 is 35.8. The van der Waals surface area contributed by atoms with Gasteiger partial charge in [-0.25, -0.2) is 9.59 Å². The summed E-state index contributed by atoms with van der Waals surface area (Å²) in [5.41, 5.74) is 0.844. The number of phenolic OH excluding ortho intramolecular Hbond substituents is 2. The van der Waals surface area contributed by atoms with Crippen LogP contribution >= 0.6 is 0 Å². The summed E-state index contributed by atoms with van der Waals surface area (Å²) in [6.45, 7) is -0.562. The van der Waals surface area contributed by atoms with Crippen molar-refractivity contribution in [3.63, 3.8) is 0 Å². The first-order valence-corrected chi connectivity index (χ1v) is 12.4. The topological polar surface area (TPSA) is 200 Å². The number of hydrogen-bond acceptors (Lipinski definition) is 14. The van der Waals surface area contributed by atoms with Crippen LogP contribution < -0.4 is 18.9 Å². The van der Waals surface area contributed by atoms with E-state index >= 15 is 0 Å². The van der Waals surface area contributed by atoms with Crippen molar-refractivity contribution >= 4 is 24.1 Å². The molecule has 1 saturated heterocycles. The smallest absolute Gasteiger partial charge is 0.333 e. The minimum absolute atomic E-state index is 0.0975. The highest BCUT2D eigenvalue weighted by Crippen LogP contribution is 2.38. The van der Waals surface area contributed by atoms with Gasteiger partial charge < -0.3 is 58.7 Å². The number of carbonyl (C=O) groups excluding carboxylic acids is 2. The van der Waals surface area contributed by atoms with E-state index in [1.165, 1.54) is 64.9 Å². The number of aliphatic hydroxyl groups is 3. The lowest BCUT2D eigenvalue weighted by Crippen LogP contribution is -2.59. The van der Waals surface area contributed by atoms with Gasteiger partial charge in [-0.05, 0) is 47.5 Å². The summed E-state index contributed by atoms with van der Waals surface area (Å²) >= 11 is 0. The van der Waals surface area contributed by atoms with Gasteiger partial charge in [-0.3, -0.25) is 0 Å². The first-order chi connectivity index (χ1) is 20.0. The van der Waals surface area contributed by atoms with Crippen LogP contribution in [0.1, 0.15) is 11.1 Å². The number of carbonyl (C=O) groups is 2. The molecule has 0 saturated carbocycles. The lowest BCUT2D eigenvalue weighted by atomic mass is 9.99. The number of rotatable bonds is 11. The molecule has 1 aliphatic rings. The highest BCUT2D eigenvalue weighted by molar-refractivity contribution is 5.88. The van der Waals surface area contributed by atoms with Crippen molar-refractivity contribution in [1.29, 1.82) is 0 Å². The fourth-order valence-electron chi connectivity index (χ4n) is 3.87.